The normalized spacial score (nSPS) is 12.6. The lowest BCUT2D eigenvalue weighted by Crippen LogP contribution is -2.22. The fraction of sp³-hybridized carbons (Fsp3) is 0.286. The van der Waals surface area contributed by atoms with Gasteiger partial charge in [-0.05, 0) is 31.0 Å². The molecule has 100 valence electrons. The lowest BCUT2D eigenvalue weighted by atomic mass is 10.0. The monoisotopic (exact) mass is 261 g/mol. The Kier molecular flexibility index (Phi) is 3.40. The molecule has 0 saturated heterocycles. The molecule has 2 aromatic rings. The van der Waals surface area contributed by atoms with Gasteiger partial charge in [-0.2, -0.15) is 0 Å². The predicted octanol–water partition coefficient (Wildman–Crippen LogP) is 1.88. The molecule has 2 rings (SSSR count). The van der Waals surface area contributed by atoms with Gasteiger partial charge in [0.25, 0.3) is 0 Å². The van der Waals surface area contributed by atoms with Crippen LogP contribution in [0.3, 0.4) is 0 Å². The van der Waals surface area contributed by atoms with Crippen molar-refractivity contribution in [2.24, 2.45) is 5.73 Å². The molecule has 0 aliphatic rings. The Balaban J connectivity index is 2.64. The van der Waals surface area contributed by atoms with Gasteiger partial charge in [-0.3, -0.25) is 9.59 Å². The van der Waals surface area contributed by atoms with E-state index in [2.05, 4.69) is 0 Å². The Bertz CT molecular complexity index is 702. The molecule has 0 aliphatic heterocycles. The molecule has 5 heteroatoms. The summed E-state index contributed by atoms with van der Waals surface area (Å²) in [4.78, 5) is 23.0. The van der Waals surface area contributed by atoms with Gasteiger partial charge in [0.05, 0.1) is 23.6 Å². The lowest BCUT2D eigenvalue weighted by Gasteiger charge is -2.10. The van der Waals surface area contributed by atoms with Crippen LogP contribution in [0.5, 0.6) is 0 Å². The van der Waals surface area contributed by atoms with Crippen LogP contribution in [0.2, 0.25) is 0 Å². The van der Waals surface area contributed by atoms with Crippen molar-refractivity contribution in [2.45, 2.75) is 26.3 Å². The van der Waals surface area contributed by atoms with Crippen molar-refractivity contribution >= 4 is 16.9 Å². The third-order valence-electron chi connectivity index (χ3n) is 3.04. The number of aliphatic carboxylic acids is 1. The molecule has 0 unspecified atom stereocenters. The minimum absolute atomic E-state index is 0.196. The molecular weight excluding hydrogens is 246 g/mol. The second kappa shape index (κ2) is 4.85. The number of hydrogen-bond donors (Lipinski definition) is 2. The fourth-order valence-corrected chi connectivity index (χ4v) is 2.19. The van der Waals surface area contributed by atoms with E-state index in [1.54, 1.807) is 6.07 Å². The quantitative estimate of drug-likeness (QED) is 0.879. The highest BCUT2D eigenvalue weighted by Gasteiger charge is 2.17. The van der Waals surface area contributed by atoms with Crippen LogP contribution in [0, 0.1) is 13.8 Å². The number of aryl methyl sites for hydroxylation is 2. The van der Waals surface area contributed by atoms with Gasteiger partial charge in [-0.15, -0.1) is 0 Å². The highest BCUT2D eigenvalue weighted by Crippen LogP contribution is 2.20. The molecular formula is C14H15NO4. The van der Waals surface area contributed by atoms with E-state index in [1.807, 2.05) is 19.9 Å². The number of hydrogen-bond acceptors (Lipinski definition) is 4. The summed E-state index contributed by atoms with van der Waals surface area (Å²) in [7, 11) is 0. The first-order chi connectivity index (χ1) is 8.90. The van der Waals surface area contributed by atoms with Gasteiger partial charge in [0.2, 0.25) is 0 Å². The van der Waals surface area contributed by atoms with Crippen LogP contribution >= 0.6 is 0 Å². The van der Waals surface area contributed by atoms with Gasteiger partial charge < -0.3 is 15.3 Å². The predicted molar refractivity (Wildman–Crippen MR) is 71.1 cm³/mol. The van der Waals surface area contributed by atoms with Crippen molar-refractivity contribution in [2.75, 3.05) is 0 Å². The Morgan fingerprint density at radius 3 is 2.74 bits per heavy atom. The lowest BCUT2D eigenvalue weighted by molar-refractivity contribution is -0.137. The second-order valence-electron chi connectivity index (χ2n) is 4.68. The third kappa shape index (κ3) is 2.51. The number of rotatable bonds is 3. The van der Waals surface area contributed by atoms with Gasteiger partial charge in [0.1, 0.15) is 5.58 Å². The molecule has 1 aromatic carbocycles. The number of benzene rings is 1. The second-order valence-corrected chi connectivity index (χ2v) is 4.68. The number of fused-ring (bicyclic) bond motifs is 1. The van der Waals surface area contributed by atoms with E-state index < -0.39 is 12.0 Å². The van der Waals surface area contributed by atoms with Gasteiger partial charge in [0, 0.05) is 6.04 Å². The molecule has 1 atom stereocenters. The van der Waals surface area contributed by atoms with Gasteiger partial charge in [-0.25, -0.2) is 0 Å². The summed E-state index contributed by atoms with van der Waals surface area (Å²) in [6.45, 7) is 3.73. The van der Waals surface area contributed by atoms with E-state index in [4.69, 9.17) is 15.3 Å². The zero-order chi connectivity index (χ0) is 14.2. The van der Waals surface area contributed by atoms with E-state index in [-0.39, 0.29) is 17.4 Å². The first-order valence-corrected chi connectivity index (χ1v) is 5.90. The van der Waals surface area contributed by atoms with E-state index in [9.17, 15) is 9.59 Å². The maximum absolute atomic E-state index is 12.4. The van der Waals surface area contributed by atoms with E-state index in [0.29, 0.717) is 11.0 Å². The molecule has 0 radical (unpaired) electrons. The SMILES string of the molecule is Cc1cc(C)c2c(=O)c([C@H](N)CC(=O)O)coc2c1. The van der Waals surface area contributed by atoms with Crippen LogP contribution in [0.25, 0.3) is 11.0 Å². The van der Waals surface area contributed by atoms with Crippen molar-refractivity contribution in [1.82, 2.24) is 0 Å². The molecule has 0 spiro atoms. The zero-order valence-corrected chi connectivity index (χ0v) is 10.8. The zero-order valence-electron chi connectivity index (χ0n) is 10.8. The maximum Gasteiger partial charge on any atom is 0.305 e. The summed E-state index contributed by atoms with van der Waals surface area (Å²) >= 11 is 0. The average Bonchev–Trinajstić information content (AvgIpc) is 2.26. The van der Waals surface area contributed by atoms with Crippen LogP contribution in [-0.4, -0.2) is 11.1 Å². The van der Waals surface area contributed by atoms with E-state index in [0.717, 1.165) is 11.1 Å². The van der Waals surface area contributed by atoms with Gasteiger partial charge >= 0.3 is 5.97 Å². The largest absolute Gasteiger partial charge is 0.481 e. The summed E-state index contributed by atoms with van der Waals surface area (Å²) in [5.41, 5.74) is 7.96. The van der Waals surface area contributed by atoms with Gasteiger partial charge in [0.15, 0.2) is 5.43 Å². The molecule has 0 aliphatic carbocycles. The molecule has 1 aromatic heterocycles. The Hall–Kier alpha value is -2.14. The Morgan fingerprint density at radius 1 is 1.42 bits per heavy atom. The van der Waals surface area contributed by atoms with E-state index >= 15 is 0 Å². The van der Waals surface area contributed by atoms with Crippen molar-refractivity contribution in [3.8, 4) is 0 Å². The topological polar surface area (TPSA) is 93.5 Å². The summed E-state index contributed by atoms with van der Waals surface area (Å²) in [6.07, 6.45) is 0.957. The van der Waals surface area contributed by atoms with Crippen LogP contribution < -0.4 is 11.2 Å². The van der Waals surface area contributed by atoms with Crippen LogP contribution in [-0.2, 0) is 4.79 Å². The Morgan fingerprint density at radius 2 is 2.11 bits per heavy atom. The van der Waals surface area contributed by atoms with Gasteiger partial charge in [-0.1, -0.05) is 6.07 Å². The Labute approximate surface area is 109 Å². The summed E-state index contributed by atoms with van der Waals surface area (Å²) in [5, 5.41) is 9.19. The molecule has 19 heavy (non-hydrogen) atoms. The number of carboxylic acid groups (broad SMARTS) is 1. The smallest absolute Gasteiger partial charge is 0.305 e. The minimum Gasteiger partial charge on any atom is -0.481 e. The third-order valence-corrected chi connectivity index (χ3v) is 3.04. The molecule has 0 bridgehead atoms. The van der Waals surface area contributed by atoms with Crippen molar-refractivity contribution in [3.63, 3.8) is 0 Å². The molecule has 5 nitrogen and oxygen atoms in total. The minimum atomic E-state index is -1.05. The number of nitrogens with two attached hydrogens (primary N) is 1. The fourth-order valence-electron chi connectivity index (χ4n) is 2.19. The van der Waals surface area contributed by atoms with Crippen LogP contribution in [0.15, 0.2) is 27.6 Å². The first-order valence-electron chi connectivity index (χ1n) is 5.90. The molecule has 0 amide bonds. The molecule has 1 heterocycles. The average molecular weight is 261 g/mol. The summed E-state index contributed by atoms with van der Waals surface area (Å²) < 4.78 is 5.42. The standard InChI is InChI=1S/C14H15NO4/c1-7-3-8(2)13-11(4-7)19-6-9(14(13)18)10(15)5-12(16)17/h3-4,6,10H,5,15H2,1-2H3,(H,16,17)/t10-/m1/s1. The molecule has 0 saturated carbocycles. The van der Waals surface area contributed by atoms with Crippen molar-refractivity contribution in [3.05, 3.63) is 45.3 Å². The van der Waals surface area contributed by atoms with Crippen molar-refractivity contribution in [1.29, 1.82) is 0 Å². The van der Waals surface area contributed by atoms with E-state index in [1.165, 1.54) is 6.26 Å². The number of carbonyl (C=O) groups is 1. The molecule has 3 N–H and O–H groups in total. The molecule has 0 fully saturated rings. The maximum atomic E-state index is 12.4. The number of carboxylic acids is 1. The summed E-state index contributed by atoms with van der Waals surface area (Å²) in [5.74, 6) is -1.05. The highest BCUT2D eigenvalue weighted by molar-refractivity contribution is 5.81. The summed E-state index contributed by atoms with van der Waals surface area (Å²) in [6, 6.07) is 2.79. The highest BCUT2D eigenvalue weighted by atomic mass is 16.4. The van der Waals surface area contributed by atoms with Crippen LogP contribution in [0.4, 0.5) is 0 Å². The van der Waals surface area contributed by atoms with Crippen molar-refractivity contribution < 1.29 is 14.3 Å². The first kappa shape index (κ1) is 13.3. The van der Waals surface area contributed by atoms with Crippen LogP contribution in [0.1, 0.15) is 29.2 Å².